The minimum Gasteiger partial charge on any atom is -0.379 e. The van der Waals surface area contributed by atoms with Gasteiger partial charge in [0.2, 0.25) is 0 Å². The number of nitrogens with one attached hydrogen (secondary N) is 1. The van der Waals surface area contributed by atoms with Crippen molar-refractivity contribution in [1.82, 2.24) is 10.2 Å². The van der Waals surface area contributed by atoms with Gasteiger partial charge in [-0.25, -0.2) is 0 Å². The lowest BCUT2D eigenvalue weighted by Gasteiger charge is -2.27. The van der Waals surface area contributed by atoms with Gasteiger partial charge in [0.05, 0.1) is 6.61 Å². The first kappa shape index (κ1) is 24.0. The third-order valence-electron chi connectivity index (χ3n) is 3.89. The molecule has 0 rings (SSSR count). The second-order valence-corrected chi connectivity index (χ2v) is 10.8. The highest BCUT2D eigenvalue weighted by atomic mass is 32.5. The molecule has 0 aromatic carbocycles. The van der Waals surface area contributed by atoms with E-state index >= 15 is 0 Å². The summed E-state index contributed by atoms with van der Waals surface area (Å²) < 4.78 is 5.40. The number of aliphatic hydroxyl groups is 1. The van der Waals surface area contributed by atoms with Crippen molar-refractivity contribution in [3.8, 4) is 0 Å². The Morgan fingerprint density at radius 2 is 1.92 bits per heavy atom. The lowest BCUT2D eigenvalue weighted by atomic mass is 10.1. The van der Waals surface area contributed by atoms with Crippen LogP contribution in [0.25, 0.3) is 0 Å². The topological polar surface area (TPSA) is 82.0 Å². The first-order valence-corrected chi connectivity index (χ1v) is 11.4. The fraction of sp³-hybridized carbons (Fsp3) is 0.938. The van der Waals surface area contributed by atoms with Gasteiger partial charge in [-0.1, -0.05) is 33.6 Å². The monoisotopic (exact) mass is 382 g/mol. The zero-order chi connectivity index (χ0) is 18.8. The molecule has 0 aromatic heterocycles. The predicted octanol–water partition coefficient (Wildman–Crippen LogP) is 2.09. The molecule has 0 bridgehead atoms. The summed E-state index contributed by atoms with van der Waals surface area (Å²) in [7, 11) is 1.87. The second kappa shape index (κ2) is 11.6. The smallest absolute Gasteiger partial charge is 0.253 e. The number of carbonyl (C=O) groups excluding carboxylic acids is 1. The van der Waals surface area contributed by atoms with Crippen molar-refractivity contribution < 1.29 is 19.3 Å². The molecule has 3 N–H and O–H groups in total. The number of hydrogen-bond acceptors (Lipinski definition) is 5. The Morgan fingerprint density at radius 1 is 1.33 bits per heavy atom. The highest BCUT2D eigenvalue weighted by Gasteiger charge is 2.30. The van der Waals surface area contributed by atoms with Crippen LogP contribution in [0.5, 0.6) is 0 Å². The fourth-order valence-electron chi connectivity index (χ4n) is 2.03. The van der Waals surface area contributed by atoms with Gasteiger partial charge in [0.15, 0.2) is 12.1 Å². The van der Waals surface area contributed by atoms with E-state index in [0.717, 1.165) is 32.2 Å². The van der Waals surface area contributed by atoms with Gasteiger partial charge in [-0.2, -0.15) is 0 Å². The maximum absolute atomic E-state index is 12.0. The van der Waals surface area contributed by atoms with Crippen LogP contribution in [0.3, 0.4) is 0 Å². The molecule has 0 saturated heterocycles. The van der Waals surface area contributed by atoms with Crippen LogP contribution in [0.1, 0.15) is 53.4 Å². The van der Waals surface area contributed by atoms with Crippen molar-refractivity contribution in [3.05, 3.63) is 0 Å². The summed E-state index contributed by atoms with van der Waals surface area (Å²) in [6.45, 7) is 6.77. The number of nitrogens with zero attached hydrogens (tertiary/aromatic N) is 1. The van der Waals surface area contributed by atoms with Crippen LogP contribution in [0.15, 0.2) is 0 Å². The molecule has 0 fully saturated rings. The molecular weight excluding hydrogens is 347 g/mol. The van der Waals surface area contributed by atoms with Crippen molar-refractivity contribution in [1.29, 1.82) is 0 Å². The summed E-state index contributed by atoms with van der Waals surface area (Å²) in [6.07, 6.45) is 3.61. The third kappa shape index (κ3) is 10.1. The van der Waals surface area contributed by atoms with Crippen LogP contribution in [0.4, 0.5) is 0 Å². The minimum absolute atomic E-state index is 0.0118. The summed E-state index contributed by atoms with van der Waals surface area (Å²) in [6, 6.07) is 0. The van der Waals surface area contributed by atoms with E-state index in [9.17, 15) is 14.8 Å². The summed E-state index contributed by atoms with van der Waals surface area (Å²) in [5.74, 6) is -0.330. The molecule has 6 nitrogen and oxygen atoms in total. The highest BCUT2D eigenvalue weighted by Crippen LogP contribution is 2.47. The van der Waals surface area contributed by atoms with Gasteiger partial charge in [0.25, 0.3) is 5.91 Å². The van der Waals surface area contributed by atoms with E-state index in [0.29, 0.717) is 19.7 Å². The summed E-state index contributed by atoms with van der Waals surface area (Å²) in [4.78, 5) is 23.8. The zero-order valence-corrected chi connectivity index (χ0v) is 17.5. The molecule has 144 valence electrons. The van der Waals surface area contributed by atoms with Crippen LogP contribution < -0.4 is 5.32 Å². The van der Waals surface area contributed by atoms with E-state index in [2.05, 4.69) is 5.32 Å². The standard InChI is InChI=1S/C16H35N2O4PS/c1-6-18(5)13-16(4,20)15(19)17-11-9-7-8-10-12-22-23(21,24)14(2)3/h14,20H,6-13H2,1-5H3,(H,17,19)(H,21,24). The van der Waals surface area contributed by atoms with Crippen LogP contribution in [-0.4, -0.2) is 65.4 Å². The van der Waals surface area contributed by atoms with Crippen LogP contribution >= 0.6 is 6.49 Å². The summed E-state index contributed by atoms with van der Waals surface area (Å²) in [5, 5.41) is 13.0. The molecule has 0 radical (unpaired) electrons. The molecule has 0 aliphatic rings. The number of unbranched alkanes of at least 4 members (excludes halogenated alkanes) is 3. The number of likely N-dealkylation sites (N-methyl/N-ethyl adjacent to an activating group) is 1. The average molecular weight is 383 g/mol. The van der Waals surface area contributed by atoms with Gasteiger partial charge >= 0.3 is 0 Å². The Balaban J connectivity index is 3.76. The summed E-state index contributed by atoms with van der Waals surface area (Å²) >= 11 is 5.06. The Morgan fingerprint density at radius 3 is 2.46 bits per heavy atom. The van der Waals surface area contributed by atoms with Crippen molar-refractivity contribution in [3.63, 3.8) is 0 Å². The van der Waals surface area contributed by atoms with E-state index in [1.54, 1.807) is 6.92 Å². The average Bonchev–Trinajstić information content (AvgIpc) is 2.48. The van der Waals surface area contributed by atoms with E-state index in [4.69, 9.17) is 16.3 Å². The molecule has 0 spiro atoms. The quantitative estimate of drug-likeness (QED) is 0.334. The fourth-order valence-corrected chi connectivity index (χ4v) is 2.94. The van der Waals surface area contributed by atoms with Gasteiger partial charge in [0, 0.05) is 18.7 Å². The largest absolute Gasteiger partial charge is 0.379 e. The Bertz CT molecular complexity index is 419. The Kier molecular flexibility index (Phi) is 11.5. The van der Waals surface area contributed by atoms with Crippen molar-refractivity contribution >= 4 is 24.2 Å². The number of carbonyl (C=O) groups is 1. The van der Waals surface area contributed by atoms with Gasteiger partial charge in [-0.3, -0.25) is 4.79 Å². The van der Waals surface area contributed by atoms with Gasteiger partial charge in [-0.05, 0) is 45.2 Å². The first-order valence-electron chi connectivity index (χ1n) is 8.69. The molecule has 2 unspecified atom stereocenters. The molecular formula is C16H35N2O4PS. The summed E-state index contributed by atoms with van der Waals surface area (Å²) in [5.41, 5.74) is -1.38. The van der Waals surface area contributed by atoms with Crippen molar-refractivity contribution in [2.45, 2.75) is 64.6 Å². The van der Waals surface area contributed by atoms with Crippen molar-refractivity contribution in [2.75, 3.05) is 33.3 Å². The number of hydrogen-bond donors (Lipinski definition) is 3. The SMILES string of the molecule is CCN(C)CC(C)(O)C(=O)NCCCCCCOP(O)(=S)C(C)C. The normalized spacial score (nSPS) is 16.9. The van der Waals surface area contributed by atoms with Crippen LogP contribution in [0, 0.1) is 0 Å². The molecule has 2 atom stereocenters. The molecule has 0 aromatic rings. The van der Waals surface area contributed by atoms with Crippen LogP contribution in [0.2, 0.25) is 0 Å². The maximum atomic E-state index is 12.0. The molecule has 8 heteroatoms. The Hall–Kier alpha value is -0.0400. The molecule has 0 heterocycles. The minimum atomic E-state index is -2.63. The lowest BCUT2D eigenvalue weighted by Crippen LogP contribution is -2.51. The molecule has 0 aliphatic heterocycles. The third-order valence-corrected chi connectivity index (χ3v) is 7.33. The Labute approximate surface area is 152 Å². The zero-order valence-electron chi connectivity index (χ0n) is 15.7. The van der Waals surface area contributed by atoms with E-state index < -0.39 is 12.1 Å². The van der Waals surface area contributed by atoms with Gasteiger partial charge in [0.1, 0.15) is 0 Å². The second-order valence-electron chi connectivity index (χ2n) is 6.77. The van der Waals surface area contributed by atoms with E-state index in [1.165, 1.54) is 0 Å². The van der Waals surface area contributed by atoms with Crippen LogP contribution in [-0.2, 0) is 21.1 Å². The molecule has 24 heavy (non-hydrogen) atoms. The van der Waals surface area contributed by atoms with Gasteiger partial charge in [-0.15, -0.1) is 0 Å². The van der Waals surface area contributed by atoms with Gasteiger partial charge < -0.3 is 24.7 Å². The molecule has 0 aliphatic carbocycles. The predicted molar refractivity (Wildman–Crippen MR) is 103 cm³/mol. The van der Waals surface area contributed by atoms with Crippen molar-refractivity contribution in [2.24, 2.45) is 0 Å². The van der Waals surface area contributed by atoms with E-state index in [-0.39, 0.29) is 11.6 Å². The lowest BCUT2D eigenvalue weighted by molar-refractivity contribution is -0.139. The molecule has 1 amide bonds. The maximum Gasteiger partial charge on any atom is 0.253 e. The highest BCUT2D eigenvalue weighted by molar-refractivity contribution is 8.09. The molecule has 0 saturated carbocycles. The number of amides is 1. The number of rotatable bonds is 13. The van der Waals surface area contributed by atoms with E-state index in [1.807, 2.05) is 32.7 Å². The first-order chi connectivity index (χ1) is 11.0.